The summed E-state index contributed by atoms with van der Waals surface area (Å²) in [6, 6.07) is 4.16. The molecule has 0 saturated heterocycles. The number of nitrogens with one attached hydrogen (secondary N) is 1. The minimum absolute atomic E-state index is 0.290. The molecule has 0 aliphatic carbocycles. The van der Waals surface area contributed by atoms with Gasteiger partial charge < -0.3 is 9.73 Å². The number of aromatic nitrogens is 3. The predicted molar refractivity (Wildman–Crippen MR) is 73.9 cm³/mol. The number of aryl methyl sites for hydroxylation is 2. The fraction of sp³-hybridized carbons (Fsp3) is 0.571. The van der Waals surface area contributed by atoms with Gasteiger partial charge in [0, 0.05) is 19.4 Å². The average Bonchev–Trinajstić information content (AvgIpc) is 3.07. The van der Waals surface area contributed by atoms with Crippen LogP contribution in [0.2, 0.25) is 0 Å². The highest BCUT2D eigenvalue weighted by Crippen LogP contribution is 2.09. The molecule has 0 bridgehead atoms. The zero-order valence-corrected chi connectivity index (χ0v) is 11.9. The van der Waals surface area contributed by atoms with Gasteiger partial charge >= 0.3 is 0 Å². The molecular formula is C14H22N4O. The van der Waals surface area contributed by atoms with Crippen LogP contribution in [-0.2, 0) is 19.4 Å². The van der Waals surface area contributed by atoms with Crippen molar-refractivity contribution in [3.05, 3.63) is 35.8 Å². The van der Waals surface area contributed by atoms with Gasteiger partial charge in [-0.2, -0.15) is 5.10 Å². The zero-order valence-electron chi connectivity index (χ0n) is 11.9. The lowest BCUT2D eigenvalue weighted by Crippen LogP contribution is -2.25. The highest BCUT2D eigenvalue weighted by molar-refractivity contribution is 4.98. The van der Waals surface area contributed by atoms with Crippen LogP contribution in [0.4, 0.5) is 0 Å². The predicted octanol–water partition coefficient (Wildman–Crippen LogP) is 2.35. The van der Waals surface area contributed by atoms with Gasteiger partial charge in [-0.1, -0.05) is 13.8 Å². The van der Waals surface area contributed by atoms with E-state index in [1.54, 1.807) is 6.26 Å². The van der Waals surface area contributed by atoms with Gasteiger partial charge in [0.25, 0.3) is 0 Å². The molecule has 1 unspecified atom stereocenters. The van der Waals surface area contributed by atoms with Crippen LogP contribution in [-0.4, -0.2) is 21.3 Å². The standard InChI is InChI=1S/C14H22N4O/c1-4-13-16-14(5-2)18(17-13)11(3)9-15-10-12-7-6-8-19-12/h6-8,11,15H,4-5,9-10H2,1-3H3. The Kier molecular flexibility index (Phi) is 4.74. The van der Waals surface area contributed by atoms with E-state index in [9.17, 15) is 0 Å². The van der Waals surface area contributed by atoms with Gasteiger partial charge in [-0.05, 0) is 19.1 Å². The lowest BCUT2D eigenvalue weighted by atomic mass is 10.3. The third kappa shape index (κ3) is 3.44. The maximum absolute atomic E-state index is 5.29. The molecule has 0 amide bonds. The molecule has 0 saturated carbocycles. The summed E-state index contributed by atoms with van der Waals surface area (Å²) in [7, 11) is 0. The smallest absolute Gasteiger partial charge is 0.150 e. The fourth-order valence-corrected chi connectivity index (χ4v) is 2.05. The summed E-state index contributed by atoms with van der Waals surface area (Å²) in [4.78, 5) is 4.53. The summed E-state index contributed by atoms with van der Waals surface area (Å²) in [6.07, 6.45) is 3.49. The lowest BCUT2D eigenvalue weighted by Gasteiger charge is -2.14. The Bertz CT molecular complexity index is 490. The van der Waals surface area contributed by atoms with Crippen molar-refractivity contribution >= 4 is 0 Å². The van der Waals surface area contributed by atoms with Crippen LogP contribution in [0.3, 0.4) is 0 Å². The number of rotatable bonds is 7. The van der Waals surface area contributed by atoms with E-state index in [4.69, 9.17) is 4.42 Å². The Hall–Kier alpha value is -1.62. The Morgan fingerprint density at radius 3 is 2.84 bits per heavy atom. The molecule has 2 heterocycles. The van der Waals surface area contributed by atoms with Crippen molar-refractivity contribution in [2.24, 2.45) is 0 Å². The van der Waals surface area contributed by atoms with Crippen LogP contribution < -0.4 is 5.32 Å². The van der Waals surface area contributed by atoms with Crippen molar-refractivity contribution in [2.75, 3.05) is 6.54 Å². The molecule has 5 heteroatoms. The van der Waals surface area contributed by atoms with Crippen LogP contribution in [0.25, 0.3) is 0 Å². The molecule has 1 N–H and O–H groups in total. The molecule has 0 spiro atoms. The van der Waals surface area contributed by atoms with E-state index < -0.39 is 0 Å². The molecule has 5 nitrogen and oxygen atoms in total. The molecule has 2 aromatic heterocycles. The van der Waals surface area contributed by atoms with E-state index in [2.05, 4.69) is 36.2 Å². The van der Waals surface area contributed by atoms with Crippen molar-refractivity contribution in [2.45, 2.75) is 46.2 Å². The van der Waals surface area contributed by atoms with Crippen LogP contribution in [0.15, 0.2) is 22.8 Å². The topological polar surface area (TPSA) is 55.9 Å². The van der Waals surface area contributed by atoms with E-state index in [0.29, 0.717) is 0 Å². The summed E-state index contributed by atoms with van der Waals surface area (Å²) >= 11 is 0. The van der Waals surface area contributed by atoms with Crippen LogP contribution in [0, 0.1) is 0 Å². The largest absolute Gasteiger partial charge is 0.468 e. The van der Waals surface area contributed by atoms with Gasteiger partial charge in [-0.15, -0.1) is 0 Å². The molecule has 0 aliphatic rings. The van der Waals surface area contributed by atoms with E-state index in [1.807, 2.05) is 16.8 Å². The summed E-state index contributed by atoms with van der Waals surface area (Å²) in [5.74, 6) is 2.94. The van der Waals surface area contributed by atoms with Crippen molar-refractivity contribution < 1.29 is 4.42 Å². The first-order chi connectivity index (χ1) is 9.24. The molecule has 19 heavy (non-hydrogen) atoms. The van der Waals surface area contributed by atoms with Crippen molar-refractivity contribution in [3.63, 3.8) is 0 Å². The van der Waals surface area contributed by atoms with Gasteiger partial charge in [0.15, 0.2) is 5.82 Å². The third-order valence-electron chi connectivity index (χ3n) is 3.11. The molecule has 0 radical (unpaired) electrons. The summed E-state index contributed by atoms with van der Waals surface area (Å²) in [5, 5.41) is 7.94. The second-order valence-electron chi connectivity index (χ2n) is 4.66. The lowest BCUT2D eigenvalue weighted by molar-refractivity contribution is 0.416. The Labute approximate surface area is 114 Å². The van der Waals surface area contributed by atoms with E-state index in [-0.39, 0.29) is 6.04 Å². The van der Waals surface area contributed by atoms with Crippen molar-refractivity contribution in [1.29, 1.82) is 0 Å². The summed E-state index contributed by atoms with van der Waals surface area (Å²) in [6.45, 7) is 7.94. The monoisotopic (exact) mass is 262 g/mol. The molecule has 2 rings (SSSR count). The normalized spacial score (nSPS) is 12.8. The second-order valence-corrected chi connectivity index (χ2v) is 4.66. The van der Waals surface area contributed by atoms with E-state index >= 15 is 0 Å². The van der Waals surface area contributed by atoms with Crippen molar-refractivity contribution in [1.82, 2.24) is 20.1 Å². The Balaban J connectivity index is 1.91. The summed E-state index contributed by atoms with van der Waals surface area (Å²) < 4.78 is 7.33. The van der Waals surface area contributed by atoms with Crippen LogP contribution in [0.5, 0.6) is 0 Å². The van der Waals surface area contributed by atoms with Crippen LogP contribution in [0.1, 0.15) is 44.2 Å². The summed E-state index contributed by atoms with van der Waals surface area (Å²) in [5.41, 5.74) is 0. The number of hydrogen-bond acceptors (Lipinski definition) is 4. The molecule has 0 fully saturated rings. The highest BCUT2D eigenvalue weighted by atomic mass is 16.3. The second kappa shape index (κ2) is 6.52. The zero-order chi connectivity index (χ0) is 13.7. The quantitative estimate of drug-likeness (QED) is 0.832. The highest BCUT2D eigenvalue weighted by Gasteiger charge is 2.13. The number of furan rings is 1. The first-order valence-corrected chi connectivity index (χ1v) is 6.92. The van der Waals surface area contributed by atoms with Crippen LogP contribution >= 0.6 is 0 Å². The fourth-order valence-electron chi connectivity index (χ4n) is 2.05. The first kappa shape index (κ1) is 13.8. The van der Waals surface area contributed by atoms with Crippen molar-refractivity contribution in [3.8, 4) is 0 Å². The third-order valence-corrected chi connectivity index (χ3v) is 3.11. The Morgan fingerprint density at radius 2 is 2.21 bits per heavy atom. The van der Waals surface area contributed by atoms with Gasteiger partial charge in [0.1, 0.15) is 11.6 Å². The van der Waals surface area contributed by atoms with E-state index in [1.165, 1.54) is 0 Å². The Morgan fingerprint density at radius 1 is 1.37 bits per heavy atom. The molecule has 0 aromatic carbocycles. The number of hydrogen-bond donors (Lipinski definition) is 1. The van der Waals surface area contributed by atoms with Gasteiger partial charge in [0.2, 0.25) is 0 Å². The maximum atomic E-state index is 5.29. The maximum Gasteiger partial charge on any atom is 0.150 e. The molecule has 104 valence electrons. The first-order valence-electron chi connectivity index (χ1n) is 6.92. The number of nitrogens with zero attached hydrogens (tertiary/aromatic N) is 3. The molecule has 2 aromatic rings. The van der Waals surface area contributed by atoms with Gasteiger partial charge in [0.05, 0.1) is 18.8 Å². The average molecular weight is 262 g/mol. The van der Waals surface area contributed by atoms with Gasteiger partial charge in [-0.3, -0.25) is 0 Å². The minimum atomic E-state index is 0.290. The molecule has 0 aliphatic heterocycles. The minimum Gasteiger partial charge on any atom is -0.468 e. The molecular weight excluding hydrogens is 240 g/mol. The van der Waals surface area contributed by atoms with Gasteiger partial charge in [-0.25, -0.2) is 9.67 Å². The SMILES string of the molecule is CCc1nc(CC)n(C(C)CNCc2ccco2)n1. The van der Waals surface area contributed by atoms with E-state index in [0.717, 1.165) is 43.3 Å². The molecule has 1 atom stereocenters.